The molecule has 5 nitrogen and oxygen atoms in total. The van der Waals surface area contributed by atoms with Gasteiger partial charge in [0, 0.05) is 17.0 Å². The smallest absolute Gasteiger partial charge is 0.254 e. The van der Waals surface area contributed by atoms with Crippen molar-refractivity contribution in [1.29, 1.82) is 5.26 Å². The third-order valence-electron chi connectivity index (χ3n) is 3.91. The topological polar surface area (TPSA) is 78.1 Å². The summed E-state index contributed by atoms with van der Waals surface area (Å²) in [5.74, 6) is -0.938. The average molecular weight is 337 g/mol. The zero-order chi connectivity index (χ0) is 17.1. The van der Waals surface area contributed by atoms with E-state index in [1.807, 2.05) is 18.2 Å². The number of thiocarbonyl (C=S) groups is 1. The van der Waals surface area contributed by atoms with Crippen LogP contribution in [0.1, 0.15) is 18.6 Å². The molecule has 0 radical (unpaired) electrons. The second kappa shape index (κ2) is 6.69. The Kier molecular flexibility index (Phi) is 4.45. The van der Waals surface area contributed by atoms with Crippen LogP contribution in [0, 0.1) is 17.2 Å². The third kappa shape index (κ3) is 2.94. The molecule has 0 saturated heterocycles. The molecular formula is C18H15N3O2S. The average Bonchev–Trinajstić information content (AvgIpc) is 3.09. The van der Waals surface area contributed by atoms with Gasteiger partial charge in [0.05, 0.1) is 23.2 Å². The van der Waals surface area contributed by atoms with E-state index in [0.29, 0.717) is 27.7 Å². The summed E-state index contributed by atoms with van der Waals surface area (Å²) < 4.78 is 5.48. The van der Waals surface area contributed by atoms with Crippen LogP contribution in [0.25, 0.3) is 0 Å². The number of allylic oxidation sites excluding steroid dienone is 1. The number of nitriles is 1. The Labute approximate surface area is 145 Å². The second-order valence-electron chi connectivity index (χ2n) is 5.45. The fraction of sp³-hybridized carbons (Fsp3) is 0.167. The zero-order valence-corrected chi connectivity index (χ0v) is 13.8. The van der Waals surface area contributed by atoms with Crippen molar-refractivity contribution in [2.45, 2.75) is 12.8 Å². The fourth-order valence-corrected chi connectivity index (χ4v) is 3.16. The van der Waals surface area contributed by atoms with Crippen molar-refractivity contribution in [2.75, 3.05) is 5.32 Å². The number of carbonyl (C=O) groups is 1. The van der Waals surface area contributed by atoms with Crippen molar-refractivity contribution < 1.29 is 9.21 Å². The van der Waals surface area contributed by atoms with Crippen molar-refractivity contribution in [3.8, 4) is 6.07 Å². The summed E-state index contributed by atoms with van der Waals surface area (Å²) in [6.45, 7) is 1.77. The Morgan fingerprint density at radius 1 is 1.29 bits per heavy atom. The number of anilines is 1. The maximum absolute atomic E-state index is 12.8. The van der Waals surface area contributed by atoms with Gasteiger partial charge >= 0.3 is 0 Å². The Hall–Kier alpha value is -2.91. The lowest BCUT2D eigenvalue weighted by Gasteiger charge is -2.30. The first-order valence-corrected chi connectivity index (χ1v) is 7.83. The summed E-state index contributed by atoms with van der Waals surface area (Å²) in [4.78, 5) is 13.2. The molecule has 1 aliphatic heterocycles. The number of rotatable bonds is 3. The van der Waals surface area contributed by atoms with E-state index < -0.39 is 11.8 Å². The van der Waals surface area contributed by atoms with Crippen LogP contribution in [0.3, 0.4) is 0 Å². The Bertz CT molecular complexity index is 835. The summed E-state index contributed by atoms with van der Waals surface area (Å²) in [5, 5.41) is 15.4. The van der Waals surface area contributed by atoms with E-state index in [-0.39, 0.29) is 5.91 Å². The van der Waals surface area contributed by atoms with Crippen LogP contribution in [0.5, 0.6) is 0 Å². The highest BCUT2D eigenvalue weighted by molar-refractivity contribution is 7.80. The molecule has 1 aromatic carbocycles. The lowest BCUT2D eigenvalue weighted by Crippen LogP contribution is -2.40. The van der Waals surface area contributed by atoms with Gasteiger partial charge in [0.25, 0.3) is 5.91 Å². The van der Waals surface area contributed by atoms with Gasteiger partial charge < -0.3 is 15.1 Å². The lowest BCUT2D eigenvalue weighted by atomic mass is 9.80. The zero-order valence-electron chi connectivity index (χ0n) is 12.9. The highest BCUT2D eigenvalue weighted by atomic mass is 32.1. The first-order chi connectivity index (χ1) is 11.6. The Balaban J connectivity index is 2.01. The summed E-state index contributed by atoms with van der Waals surface area (Å²) in [6, 6.07) is 14.8. The Morgan fingerprint density at radius 2 is 2.04 bits per heavy atom. The van der Waals surface area contributed by atoms with E-state index in [1.165, 1.54) is 6.26 Å². The molecule has 0 spiro atoms. The van der Waals surface area contributed by atoms with Crippen LogP contribution >= 0.6 is 12.2 Å². The van der Waals surface area contributed by atoms with Crippen LogP contribution in [0.15, 0.2) is 64.4 Å². The van der Waals surface area contributed by atoms with Gasteiger partial charge in [-0.25, -0.2) is 0 Å². The van der Waals surface area contributed by atoms with Gasteiger partial charge in [0.1, 0.15) is 11.7 Å². The van der Waals surface area contributed by atoms with E-state index in [4.69, 9.17) is 16.6 Å². The van der Waals surface area contributed by atoms with Crippen molar-refractivity contribution in [2.24, 2.45) is 5.92 Å². The van der Waals surface area contributed by atoms with Crippen LogP contribution in [-0.2, 0) is 4.79 Å². The number of hydrogen-bond acceptors (Lipinski definition) is 4. The number of furan rings is 1. The molecule has 0 bridgehead atoms. The van der Waals surface area contributed by atoms with Crippen molar-refractivity contribution in [1.82, 2.24) is 5.32 Å². The molecule has 2 N–H and O–H groups in total. The molecular weight excluding hydrogens is 322 g/mol. The number of benzene rings is 1. The highest BCUT2D eigenvalue weighted by Gasteiger charge is 2.40. The van der Waals surface area contributed by atoms with Crippen LogP contribution in [0.4, 0.5) is 5.69 Å². The molecule has 1 aliphatic rings. The summed E-state index contributed by atoms with van der Waals surface area (Å²) in [7, 11) is 0. The minimum atomic E-state index is -0.661. The standard InChI is InChI=1S/C18H15N3O2S/c1-11-15(17(22)21-12-6-3-2-4-7-12)16(14-8-5-9-23-14)13(10-19)18(24)20-11/h2-9,13,16H,1H3,(H,20,24)(H,21,22)/t13-,16-/m0/s1. The van der Waals surface area contributed by atoms with E-state index in [0.717, 1.165) is 0 Å². The Morgan fingerprint density at radius 3 is 2.67 bits per heavy atom. The summed E-state index contributed by atoms with van der Waals surface area (Å²) in [5.41, 5.74) is 1.76. The maximum atomic E-state index is 12.8. The van der Waals surface area contributed by atoms with E-state index in [1.54, 1.807) is 31.2 Å². The number of nitrogens with zero attached hydrogens (tertiary/aromatic N) is 1. The molecule has 0 saturated carbocycles. The SMILES string of the molecule is CC1=C(C(=O)Nc2ccccc2)[C@H](c2ccco2)[C@H](C#N)C(=S)N1. The van der Waals surface area contributed by atoms with Gasteiger partial charge in [0.15, 0.2) is 0 Å². The largest absolute Gasteiger partial charge is 0.469 e. The quantitative estimate of drug-likeness (QED) is 0.840. The molecule has 24 heavy (non-hydrogen) atoms. The normalized spacial score (nSPS) is 20.2. The van der Waals surface area contributed by atoms with Crippen LogP contribution in [0.2, 0.25) is 0 Å². The van der Waals surface area contributed by atoms with Gasteiger partial charge in [0.2, 0.25) is 0 Å². The molecule has 2 atom stereocenters. The van der Waals surface area contributed by atoms with Crippen molar-refractivity contribution in [3.05, 3.63) is 65.8 Å². The molecule has 0 aliphatic carbocycles. The molecule has 1 amide bonds. The predicted octanol–water partition coefficient (Wildman–Crippen LogP) is 3.35. The minimum Gasteiger partial charge on any atom is -0.469 e. The number of nitrogens with one attached hydrogen (secondary N) is 2. The number of para-hydroxylation sites is 1. The van der Waals surface area contributed by atoms with Gasteiger partial charge in [-0.15, -0.1) is 0 Å². The summed E-state index contributed by atoms with van der Waals surface area (Å²) >= 11 is 5.28. The van der Waals surface area contributed by atoms with Gasteiger partial charge in [-0.3, -0.25) is 4.79 Å². The molecule has 0 fully saturated rings. The third-order valence-corrected chi connectivity index (χ3v) is 4.26. The first kappa shape index (κ1) is 16.0. The fourth-order valence-electron chi connectivity index (χ4n) is 2.82. The van der Waals surface area contributed by atoms with Gasteiger partial charge in [-0.05, 0) is 31.2 Å². The van der Waals surface area contributed by atoms with Crippen LogP contribution < -0.4 is 10.6 Å². The van der Waals surface area contributed by atoms with Gasteiger partial charge in [-0.2, -0.15) is 5.26 Å². The van der Waals surface area contributed by atoms with Crippen LogP contribution in [-0.4, -0.2) is 10.9 Å². The maximum Gasteiger partial charge on any atom is 0.254 e. The number of amides is 1. The lowest BCUT2D eigenvalue weighted by molar-refractivity contribution is -0.113. The van der Waals surface area contributed by atoms with E-state index in [9.17, 15) is 10.1 Å². The van der Waals surface area contributed by atoms with Crippen molar-refractivity contribution >= 4 is 28.8 Å². The molecule has 0 unspecified atom stereocenters. The monoisotopic (exact) mass is 337 g/mol. The number of hydrogen-bond donors (Lipinski definition) is 2. The van der Waals surface area contributed by atoms with Crippen molar-refractivity contribution in [3.63, 3.8) is 0 Å². The highest BCUT2D eigenvalue weighted by Crippen LogP contribution is 2.37. The molecule has 3 rings (SSSR count). The minimum absolute atomic E-state index is 0.282. The molecule has 2 heterocycles. The first-order valence-electron chi connectivity index (χ1n) is 7.43. The summed E-state index contributed by atoms with van der Waals surface area (Å²) in [6.07, 6.45) is 1.52. The molecule has 120 valence electrons. The van der Waals surface area contributed by atoms with Gasteiger partial charge in [-0.1, -0.05) is 30.4 Å². The molecule has 6 heteroatoms. The molecule has 1 aromatic heterocycles. The van der Waals surface area contributed by atoms with E-state index >= 15 is 0 Å². The number of carbonyl (C=O) groups excluding carboxylic acids is 1. The molecule has 2 aromatic rings. The second-order valence-corrected chi connectivity index (χ2v) is 5.89. The predicted molar refractivity (Wildman–Crippen MR) is 94.1 cm³/mol. The van der Waals surface area contributed by atoms with E-state index in [2.05, 4.69) is 16.7 Å².